The zero-order chi connectivity index (χ0) is 28.4. The maximum absolute atomic E-state index is 12.9. The van der Waals surface area contributed by atoms with Gasteiger partial charge >= 0.3 is 6.03 Å². The zero-order valence-corrected chi connectivity index (χ0v) is 23.3. The van der Waals surface area contributed by atoms with E-state index in [1.54, 1.807) is 31.3 Å². The van der Waals surface area contributed by atoms with E-state index in [9.17, 15) is 9.59 Å². The van der Waals surface area contributed by atoms with Crippen LogP contribution >= 0.6 is 0 Å². The Morgan fingerprint density at radius 2 is 1.41 bits per heavy atom. The number of rotatable bonds is 9. The van der Waals surface area contributed by atoms with E-state index in [0.29, 0.717) is 23.5 Å². The van der Waals surface area contributed by atoms with Crippen molar-refractivity contribution in [2.75, 3.05) is 30.4 Å². The molecule has 1 heterocycles. The lowest BCUT2D eigenvalue weighted by Gasteiger charge is -2.32. The number of nitrogens with zero attached hydrogens (tertiary/aromatic N) is 2. The van der Waals surface area contributed by atoms with Crippen LogP contribution in [0.15, 0.2) is 109 Å². The number of nitrogens with one attached hydrogen (secondary N) is 2. The molecule has 4 aromatic carbocycles. The van der Waals surface area contributed by atoms with Crippen LogP contribution in [0.1, 0.15) is 34.3 Å². The number of carbonyl (C=O) groups excluding carboxylic acids is 2. The van der Waals surface area contributed by atoms with Gasteiger partial charge in [-0.1, -0.05) is 60.7 Å². The number of hydrogen-bond acceptors (Lipinski definition) is 4. The fourth-order valence-electron chi connectivity index (χ4n) is 4.88. The molecule has 4 aromatic rings. The molecule has 210 valence electrons. The lowest BCUT2D eigenvalue weighted by atomic mass is 10.0. The van der Waals surface area contributed by atoms with E-state index in [2.05, 4.69) is 39.8 Å². The van der Waals surface area contributed by atoms with Crippen LogP contribution in [0.5, 0.6) is 5.75 Å². The van der Waals surface area contributed by atoms with Crippen LogP contribution in [0.25, 0.3) is 0 Å². The van der Waals surface area contributed by atoms with E-state index in [4.69, 9.17) is 4.74 Å². The number of anilines is 2. The van der Waals surface area contributed by atoms with Crippen molar-refractivity contribution in [2.24, 2.45) is 0 Å². The summed E-state index contributed by atoms with van der Waals surface area (Å²) in [6, 6.07) is 34.7. The Balaban J connectivity index is 1.06. The van der Waals surface area contributed by atoms with Gasteiger partial charge in [-0.05, 0) is 72.5 Å². The van der Waals surface area contributed by atoms with Gasteiger partial charge in [-0.3, -0.25) is 14.6 Å². The molecule has 0 atom stereocenters. The van der Waals surface area contributed by atoms with Crippen LogP contribution in [-0.4, -0.2) is 43.0 Å². The Morgan fingerprint density at radius 1 is 0.805 bits per heavy atom. The molecule has 2 N–H and O–H groups in total. The number of carbonyl (C=O) groups is 2. The molecule has 0 radical (unpaired) electrons. The van der Waals surface area contributed by atoms with E-state index < -0.39 is 0 Å². The second-order valence-corrected chi connectivity index (χ2v) is 10.3. The molecular weight excluding hydrogens is 512 g/mol. The average molecular weight is 549 g/mol. The van der Waals surface area contributed by atoms with Crippen molar-refractivity contribution in [1.82, 2.24) is 10.2 Å². The van der Waals surface area contributed by atoms with Gasteiger partial charge in [0.2, 0.25) is 0 Å². The lowest BCUT2D eigenvalue weighted by molar-refractivity contribution is 0.0909. The normalized spacial score (nSPS) is 13.8. The van der Waals surface area contributed by atoms with Crippen molar-refractivity contribution in [1.29, 1.82) is 0 Å². The summed E-state index contributed by atoms with van der Waals surface area (Å²) in [5.74, 6) is 0.645. The predicted molar refractivity (Wildman–Crippen MR) is 163 cm³/mol. The smallest absolute Gasteiger partial charge is 0.326 e. The molecule has 0 spiro atoms. The average Bonchev–Trinajstić information content (AvgIpc) is 3.02. The Bertz CT molecular complexity index is 1400. The summed E-state index contributed by atoms with van der Waals surface area (Å²) in [6.07, 6.45) is 1.86. The standard InChI is InChI=1S/C34H36N4O3/c1-37(34(40)36-29-14-18-32(19-15-29)41-25-27-10-6-3-7-11-27)31-16-12-28(13-17-31)33(39)35-30-20-22-38(23-21-30)24-26-8-4-2-5-9-26/h2-19,30H,20-25H2,1H3,(H,35,39)(H,36,40). The van der Waals surface area contributed by atoms with Crippen LogP contribution < -0.4 is 20.3 Å². The van der Waals surface area contributed by atoms with Crippen molar-refractivity contribution in [3.05, 3.63) is 126 Å². The molecule has 1 fully saturated rings. The summed E-state index contributed by atoms with van der Waals surface area (Å²) in [5, 5.41) is 6.08. The van der Waals surface area contributed by atoms with Crippen molar-refractivity contribution in [3.63, 3.8) is 0 Å². The third kappa shape index (κ3) is 7.96. The largest absolute Gasteiger partial charge is 0.489 e. The minimum Gasteiger partial charge on any atom is -0.489 e. The number of hydrogen-bond donors (Lipinski definition) is 2. The SMILES string of the molecule is CN(C(=O)Nc1ccc(OCc2ccccc2)cc1)c1ccc(C(=O)NC2CCN(Cc3ccccc3)CC2)cc1. The molecule has 1 aliphatic heterocycles. The van der Waals surface area contributed by atoms with E-state index in [1.807, 2.05) is 60.7 Å². The first-order chi connectivity index (χ1) is 20.0. The topological polar surface area (TPSA) is 73.9 Å². The lowest BCUT2D eigenvalue weighted by Crippen LogP contribution is -2.44. The molecule has 1 saturated heterocycles. The summed E-state index contributed by atoms with van der Waals surface area (Å²) in [5.41, 5.74) is 4.35. The van der Waals surface area contributed by atoms with Crippen molar-refractivity contribution in [2.45, 2.75) is 32.0 Å². The zero-order valence-electron chi connectivity index (χ0n) is 23.3. The molecular formula is C34H36N4O3. The summed E-state index contributed by atoms with van der Waals surface area (Å²) in [6.45, 7) is 3.35. The van der Waals surface area contributed by atoms with Gasteiger partial charge < -0.3 is 15.4 Å². The van der Waals surface area contributed by atoms with Gasteiger partial charge in [-0.15, -0.1) is 0 Å². The summed E-state index contributed by atoms with van der Waals surface area (Å²) < 4.78 is 5.82. The molecule has 7 heteroatoms. The molecule has 7 nitrogen and oxygen atoms in total. The molecule has 3 amide bonds. The highest BCUT2D eigenvalue weighted by molar-refractivity contribution is 6.02. The molecule has 0 bridgehead atoms. The van der Waals surface area contributed by atoms with Gasteiger partial charge in [0.1, 0.15) is 12.4 Å². The molecule has 0 unspecified atom stereocenters. The Kier molecular flexibility index (Phi) is 9.29. The molecule has 41 heavy (non-hydrogen) atoms. The Labute approximate surface area is 241 Å². The molecule has 0 aromatic heterocycles. The van der Waals surface area contributed by atoms with Crippen LogP contribution in [-0.2, 0) is 13.2 Å². The maximum Gasteiger partial charge on any atom is 0.326 e. The van der Waals surface area contributed by atoms with E-state index >= 15 is 0 Å². The summed E-state index contributed by atoms with van der Waals surface area (Å²) >= 11 is 0. The van der Waals surface area contributed by atoms with Gasteiger partial charge in [-0.25, -0.2) is 4.79 Å². The van der Waals surface area contributed by atoms with Gasteiger partial charge in [-0.2, -0.15) is 0 Å². The Hall–Kier alpha value is -4.62. The number of amides is 3. The second kappa shape index (κ2) is 13.6. The fraction of sp³-hybridized carbons (Fsp3) is 0.235. The van der Waals surface area contributed by atoms with Gasteiger partial charge in [0, 0.05) is 49.7 Å². The third-order valence-corrected chi connectivity index (χ3v) is 7.35. The predicted octanol–water partition coefficient (Wildman–Crippen LogP) is 6.33. The first-order valence-electron chi connectivity index (χ1n) is 14.0. The number of urea groups is 1. The number of piperidine rings is 1. The Morgan fingerprint density at radius 3 is 2.05 bits per heavy atom. The fourth-order valence-corrected chi connectivity index (χ4v) is 4.88. The first kappa shape index (κ1) is 27.9. The number of likely N-dealkylation sites (tertiary alicyclic amines) is 1. The summed E-state index contributed by atoms with van der Waals surface area (Å²) in [4.78, 5) is 29.7. The molecule has 0 saturated carbocycles. The van der Waals surface area contributed by atoms with Crippen LogP contribution in [0.2, 0.25) is 0 Å². The minimum atomic E-state index is -0.276. The summed E-state index contributed by atoms with van der Waals surface area (Å²) in [7, 11) is 1.70. The van der Waals surface area contributed by atoms with E-state index in [0.717, 1.165) is 43.8 Å². The number of ether oxygens (including phenoxy) is 1. The van der Waals surface area contributed by atoms with Gasteiger partial charge in [0.15, 0.2) is 0 Å². The van der Waals surface area contributed by atoms with Crippen molar-refractivity contribution < 1.29 is 14.3 Å². The van der Waals surface area contributed by atoms with Crippen molar-refractivity contribution >= 4 is 23.3 Å². The van der Waals surface area contributed by atoms with Crippen LogP contribution in [0.3, 0.4) is 0 Å². The molecule has 0 aliphatic carbocycles. The molecule has 5 rings (SSSR count). The number of benzene rings is 4. The van der Waals surface area contributed by atoms with Crippen LogP contribution in [0.4, 0.5) is 16.2 Å². The quantitative estimate of drug-likeness (QED) is 0.256. The second-order valence-electron chi connectivity index (χ2n) is 10.3. The molecule has 1 aliphatic rings. The van der Waals surface area contributed by atoms with E-state index in [-0.39, 0.29) is 18.0 Å². The van der Waals surface area contributed by atoms with Crippen LogP contribution in [0, 0.1) is 0 Å². The minimum absolute atomic E-state index is 0.0836. The maximum atomic E-state index is 12.9. The first-order valence-corrected chi connectivity index (χ1v) is 14.0. The van der Waals surface area contributed by atoms with E-state index in [1.165, 1.54) is 10.5 Å². The highest BCUT2D eigenvalue weighted by atomic mass is 16.5. The van der Waals surface area contributed by atoms with Gasteiger partial charge in [0.25, 0.3) is 5.91 Å². The van der Waals surface area contributed by atoms with Crippen molar-refractivity contribution in [3.8, 4) is 5.75 Å². The third-order valence-electron chi connectivity index (χ3n) is 7.35. The highest BCUT2D eigenvalue weighted by Crippen LogP contribution is 2.20. The van der Waals surface area contributed by atoms with Gasteiger partial charge in [0.05, 0.1) is 0 Å². The monoisotopic (exact) mass is 548 g/mol. The highest BCUT2D eigenvalue weighted by Gasteiger charge is 2.21.